The van der Waals surface area contributed by atoms with Crippen LogP contribution in [0.15, 0.2) is 29.2 Å². The zero-order chi connectivity index (χ0) is 29.2. The van der Waals surface area contributed by atoms with Crippen molar-refractivity contribution in [3.05, 3.63) is 29.8 Å². The van der Waals surface area contributed by atoms with Gasteiger partial charge in [0.2, 0.25) is 0 Å². The Hall–Kier alpha value is -5.84. The van der Waals surface area contributed by atoms with E-state index in [-0.39, 0.29) is 31.3 Å². The van der Waals surface area contributed by atoms with Gasteiger partial charge in [0.15, 0.2) is 0 Å². The van der Waals surface area contributed by atoms with Crippen molar-refractivity contribution in [1.29, 1.82) is 0 Å². The van der Waals surface area contributed by atoms with E-state index >= 15 is 0 Å². The maximum atomic E-state index is 12.0. The fraction of sp³-hybridized carbons (Fsp3) is 0.182. The SMILES string of the molecule is CC#CC#CC#CC#CC#CC#CC#CC#CC#CC#CC(=O)OCCOCCOS(=O)(=O)c1ccc(C)cc1. The number of carbonyl (C=O) groups excluding carboxylic acids is 1. The molecule has 7 heteroatoms. The fourth-order valence-electron chi connectivity index (χ4n) is 1.95. The van der Waals surface area contributed by atoms with Crippen LogP contribution in [-0.2, 0) is 28.6 Å². The third-order valence-corrected chi connectivity index (χ3v) is 4.92. The molecule has 0 N–H and O–H groups in total. The van der Waals surface area contributed by atoms with Crippen molar-refractivity contribution in [1.82, 2.24) is 0 Å². The van der Waals surface area contributed by atoms with Crippen LogP contribution in [0.25, 0.3) is 0 Å². The number of carbonyl (C=O) groups is 1. The molecule has 0 heterocycles. The highest BCUT2D eigenvalue weighted by atomic mass is 32.2. The van der Waals surface area contributed by atoms with Gasteiger partial charge >= 0.3 is 5.97 Å². The number of esters is 1. The maximum absolute atomic E-state index is 12.0. The minimum Gasteiger partial charge on any atom is -0.454 e. The summed E-state index contributed by atoms with van der Waals surface area (Å²) in [6.45, 7) is 3.32. The lowest BCUT2D eigenvalue weighted by atomic mass is 10.2. The quantitative estimate of drug-likeness (QED) is 0.162. The minimum atomic E-state index is -3.85. The van der Waals surface area contributed by atoms with Gasteiger partial charge in [-0.05, 0) is 121 Å². The van der Waals surface area contributed by atoms with Crippen LogP contribution in [0.4, 0.5) is 0 Å². The predicted octanol–water partition coefficient (Wildman–Crippen LogP) is 1.31. The van der Waals surface area contributed by atoms with Crippen LogP contribution in [0.1, 0.15) is 12.5 Å². The highest BCUT2D eigenvalue weighted by Crippen LogP contribution is 2.12. The monoisotopic (exact) mass is 542 g/mol. The predicted molar refractivity (Wildman–Crippen MR) is 150 cm³/mol. The van der Waals surface area contributed by atoms with Gasteiger partial charge < -0.3 is 9.47 Å². The van der Waals surface area contributed by atoms with E-state index in [1.54, 1.807) is 19.1 Å². The van der Waals surface area contributed by atoms with E-state index in [1.165, 1.54) is 12.1 Å². The van der Waals surface area contributed by atoms with Gasteiger partial charge in [0.1, 0.15) is 6.61 Å². The average Bonchev–Trinajstić information content (AvgIpc) is 2.94. The Bertz CT molecular complexity index is 1820. The van der Waals surface area contributed by atoms with E-state index < -0.39 is 16.1 Å². The van der Waals surface area contributed by atoms with Crippen molar-refractivity contribution in [2.75, 3.05) is 26.4 Å². The summed E-state index contributed by atoms with van der Waals surface area (Å²) < 4.78 is 38.9. The minimum absolute atomic E-state index is 0.00277. The molecular formula is C33H18O6S. The lowest BCUT2D eigenvalue weighted by molar-refractivity contribution is -0.138. The van der Waals surface area contributed by atoms with Crippen LogP contribution in [0, 0.1) is 125 Å². The smallest absolute Gasteiger partial charge is 0.385 e. The number of hydrogen-bond acceptors (Lipinski definition) is 6. The first-order valence-electron chi connectivity index (χ1n) is 11.1. The summed E-state index contributed by atoms with van der Waals surface area (Å²) in [6, 6.07) is 6.28. The zero-order valence-corrected chi connectivity index (χ0v) is 22.3. The molecule has 0 aliphatic rings. The highest BCUT2D eigenvalue weighted by molar-refractivity contribution is 7.86. The summed E-state index contributed by atoms with van der Waals surface area (Å²) in [5.41, 5.74) is 0.935. The van der Waals surface area contributed by atoms with Gasteiger partial charge in [-0.2, -0.15) is 8.42 Å². The number of hydrogen-bond donors (Lipinski definition) is 0. The first-order chi connectivity index (χ1) is 19.5. The first-order valence-corrected chi connectivity index (χ1v) is 12.5. The van der Waals surface area contributed by atoms with Crippen molar-refractivity contribution in [2.45, 2.75) is 18.7 Å². The summed E-state index contributed by atoms with van der Waals surface area (Å²) in [4.78, 5) is 11.6. The van der Waals surface area contributed by atoms with E-state index in [2.05, 4.69) is 118 Å². The first kappa shape index (κ1) is 32.2. The number of aryl methyl sites for hydroxylation is 1. The summed E-state index contributed by atoms with van der Waals surface area (Å²) >= 11 is 0. The molecule has 1 rings (SSSR count). The van der Waals surface area contributed by atoms with Crippen LogP contribution >= 0.6 is 0 Å². The summed E-state index contributed by atoms with van der Waals surface area (Å²) in [5, 5.41) is 0. The number of benzene rings is 1. The van der Waals surface area contributed by atoms with E-state index in [0.717, 1.165) is 5.56 Å². The molecule has 0 saturated heterocycles. The second kappa shape index (κ2) is 21.3. The van der Waals surface area contributed by atoms with Crippen molar-refractivity contribution < 1.29 is 26.9 Å². The van der Waals surface area contributed by atoms with Crippen LogP contribution in [0.2, 0.25) is 0 Å². The van der Waals surface area contributed by atoms with Gasteiger partial charge in [-0.25, -0.2) is 4.79 Å². The largest absolute Gasteiger partial charge is 0.454 e. The molecule has 0 spiro atoms. The second-order valence-corrected chi connectivity index (χ2v) is 8.08. The topological polar surface area (TPSA) is 78.9 Å². The zero-order valence-electron chi connectivity index (χ0n) is 21.5. The van der Waals surface area contributed by atoms with Crippen molar-refractivity contribution in [3.63, 3.8) is 0 Å². The molecule has 1 aromatic carbocycles. The van der Waals surface area contributed by atoms with Gasteiger partial charge in [0.25, 0.3) is 10.1 Å². The molecular weight excluding hydrogens is 524 g/mol. The molecule has 6 nitrogen and oxygen atoms in total. The van der Waals surface area contributed by atoms with E-state index in [9.17, 15) is 13.2 Å². The van der Waals surface area contributed by atoms with Gasteiger partial charge in [-0.15, -0.1) is 0 Å². The third kappa shape index (κ3) is 17.6. The third-order valence-electron chi connectivity index (χ3n) is 3.59. The Balaban J connectivity index is 2.24. The summed E-state index contributed by atoms with van der Waals surface area (Å²) in [6.07, 6.45) is 0. The van der Waals surface area contributed by atoms with Gasteiger partial charge in [0, 0.05) is 17.8 Å². The van der Waals surface area contributed by atoms with Gasteiger partial charge in [-0.1, -0.05) is 23.6 Å². The molecule has 0 aliphatic heterocycles. The van der Waals surface area contributed by atoms with Gasteiger partial charge in [-0.3, -0.25) is 4.18 Å². The van der Waals surface area contributed by atoms with Crippen LogP contribution in [-0.4, -0.2) is 40.8 Å². The molecule has 0 saturated carbocycles. The lowest BCUT2D eigenvalue weighted by Gasteiger charge is -2.07. The number of rotatable bonds is 8. The fourth-order valence-corrected chi connectivity index (χ4v) is 2.84. The Morgan fingerprint density at radius 1 is 0.625 bits per heavy atom. The Morgan fingerprint density at radius 2 is 1.05 bits per heavy atom. The molecule has 40 heavy (non-hydrogen) atoms. The van der Waals surface area contributed by atoms with Crippen molar-refractivity contribution >= 4 is 16.1 Å². The number of ether oxygens (including phenoxy) is 2. The Labute approximate surface area is 236 Å². The molecule has 1 aromatic rings. The molecule has 0 unspecified atom stereocenters. The lowest BCUT2D eigenvalue weighted by Crippen LogP contribution is -2.14. The molecule has 0 amide bonds. The molecule has 0 bridgehead atoms. The molecule has 0 fully saturated rings. The van der Waals surface area contributed by atoms with E-state index in [0.29, 0.717) is 0 Å². The highest BCUT2D eigenvalue weighted by Gasteiger charge is 2.14. The van der Waals surface area contributed by atoms with Gasteiger partial charge in [0.05, 0.1) is 24.7 Å². The molecule has 0 aliphatic carbocycles. The van der Waals surface area contributed by atoms with E-state index in [4.69, 9.17) is 13.7 Å². The van der Waals surface area contributed by atoms with Crippen molar-refractivity contribution in [2.24, 2.45) is 0 Å². The van der Waals surface area contributed by atoms with Crippen molar-refractivity contribution in [3.8, 4) is 118 Å². The summed E-state index contributed by atoms with van der Waals surface area (Å²) in [7, 11) is -3.85. The molecule has 0 aromatic heterocycles. The molecule has 192 valence electrons. The Kier molecular flexibility index (Phi) is 17.1. The molecule has 0 atom stereocenters. The summed E-state index contributed by atoms with van der Waals surface area (Å²) in [5.74, 6) is 48.2. The van der Waals surface area contributed by atoms with E-state index in [1.807, 2.05) is 6.92 Å². The van der Waals surface area contributed by atoms with Crippen LogP contribution in [0.3, 0.4) is 0 Å². The van der Waals surface area contributed by atoms with Crippen LogP contribution in [0.5, 0.6) is 0 Å². The average molecular weight is 543 g/mol. The maximum Gasteiger partial charge on any atom is 0.385 e. The standard InChI is InChI=1S/C33H18O6S/c1-3-4-5-6-7-8-9-10-11-12-13-14-15-16-17-18-19-20-21-22-33(34)38-29-27-37-28-30-39-40(35,36)32-25-23-31(2)24-26-32/h23-26H,27-30H2,1-2H3. The second-order valence-electron chi connectivity index (χ2n) is 6.46. The normalized spacial score (nSPS) is 7.65. The molecule has 0 radical (unpaired) electrons. The Morgan fingerprint density at radius 3 is 1.52 bits per heavy atom. The van der Waals surface area contributed by atoms with Crippen LogP contribution < -0.4 is 0 Å².